The van der Waals surface area contributed by atoms with Gasteiger partial charge in [-0.25, -0.2) is 8.42 Å². The molecule has 0 atom stereocenters. The average molecular weight is 257 g/mol. The smallest absolute Gasteiger partial charge is 0.243 e. The lowest BCUT2D eigenvalue weighted by molar-refractivity contribution is -0.120. The number of sulfonamides is 1. The van der Waals surface area contributed by atoms with E-state index in [1.54, 1.807) is 0 Å². The quantitative estimate of drug-likeness (QED) is 0.720. The highest BCUT2D eigenvalue weighted by atomic mass is 32.2. The Kier molecular flexibility index (Phi) is 4.08. The second kappa shape index (κ2) is 5.15. The van der Waals surface area contributed by atoms with Crippen molar-refractivity contribution < 1.29 is 13.2 Å². The summed E-state index contributed by atoms with van der Waals surface area (Å²) in [5, 5.41) is 2.36. The molecule has 0 saturated carbocycles. The lowest BCUT2D eigenvalue weighted by Gasteiger charge is -2.16. The van der Waals surface area contributed by atoms with Gasteiger partial charge in [-0.3, -0.25) is 4.79 Å². The molecule has 1 aromatic rings. The van der Waals surface area contributed by atoms with Crippen molar-refractivity contribution >= 4 is 21.6 Å². The summed E-state index contributed by atoms with van der Waals surface area (Å²) in [5.74, 6) is -0.369. The van der Waals surface area contributed by atoms with Crippen LogP contribution in [0.25, 0.3) is 0 Å². The Balaban J connectivity index is 2.95. The molecule has 0 aliphatic carbocycles. The minimum Gasteiger partial charge on any atom is -0.399 e. The zero-order chi connectivity index (χ0) is 13.1. The minimum absolute atomic E-state index is 0.109. The first-order valence-electron chi connectivity index (χ1n) is 4.90. The molecule has 0 heterocycles. The van der Waals surface area contributed by atoms with Gasteiger partial charge in [0, 0.05) is 19.8 Å². The van der Waals surface area contributed by atoms with E-state index >= 15 is 0 Å². The van der Waals surface area contributed by atoms with Gasteiger partial charge in [0.15, 0.2) is 0 Å². The van der Waals surface area contributed by atoms with Gasteiger partial charge in [0.25, 0.3) is 0 Å². The number of nitrogens with one attached hydrogen (secondary N) is 1. The summed E-state index contributed by atoms with van der Waals surface area (Å²) in [4.78, 5) is 11.2. The SMILES string of the molecule is CNC(=O)CN(C)S(=O)(=O)c1ccc(N)cc1. The van der Waals surface area contributed by atoms with E-state index < -0.39 is 10.0 Å². The van der Waals surface area contributed by atoms with E-state index in [0.717, 1.165) is 4.31 Å². The maximum Gasteiger partial charge on any atom is 0.243 e. The average Bonchev–Trinajstić information content (AvgIpc) is 2.29. The summed E-state index contributed by atoms with van der Waals surface area (Å²) in [6.07, 6.45) is 0. The zero-order valence-electron chi connectivity index (χ0n) is 9.67. The third kappa shape index (κ3) is 3.18. The molecule has 0 aliphatic heterocycles. The number of hydrogen-bond donors (Lipinski definition) is 2. The number of nitrogens with zero attached hydrogens (tertiary/aromatic N) is 1. The summed E-state index contributed by atoms with van der Waals surface area (Å²) < 4.78 is 25.0. The fourth-order valence-corrected chi connectivity index (χ4v) is 2.31. The van der Waals surface area contributed by atoms with E-state index in [2.05, 4.69) is 5.32 Å². The van der Waals surface area contributed by atoms with Gasteiger partial charge < -0.3 is 11.1 Å². The van der Waals surface area contributed by atoms with Gasteiger partial charge in [-0.05, 0) is 24.3 Å². The summed E-state index contributed by atoms with van der Waals surface area (Å²) in [6, 6.07) is 5.82. The fraction of sp³-hybridized carbons (Fsp3) is 0.300. The number of amides is 1. The van der Waals surface area contributed by atoms with Crippen LogP contribution in [0.2, 0.25) is 0 Å². The molecule has 0 unspecified atom stereocenters. The van der Waals surface area contributed by atoms with Crippen molar-refractivity contribution in [3.63, 3.8) is 0 Å². The van der Waals surface area contributed by atoms with Crippen LogP contribution in [-0.4, -0.2) is 39.3 Å². The highest BCUT2D eigenvalue weighted by Crippen LogP contribution is 2.15. The third-order valence-electron chi connectivity index (χ3n) is 2.23. The molecule has 0 aliphatic rings. The van der Waals surface area contributed by atoms with Crippen LogP contribution in [-0.2, 0) is 14.8 Å². The van der Waals surface area contributed by atoms with Crippen molar-refractivity contribution in [2.75, 3.05) is 26.4 Å². The number of hydrogen-bond acceptors (Lipinski definition) is 4. The monoisotopic (exact) mass is 257 g/mol. The predicted octanol–water partition coefficient (Wildman–Crippen LogP) is -0.365. The number of carbonyl (C=O) groups excluding carboxylic acids is 1. The van der Waals surface area contributed by atoms with Crippen LogP contribution in [0.5, 0.6) is 0 Å². The predicted molar refractivity (Wildman–Crippen MR) is 64.7 cm³/mol. The normalized spacial score (nSPS) is 11.5. The minimum atomic E-state index is -3.64. The van der Waals surface area contributed by atoms with Crippen LogP contribution >= 0.6 is 0 Å². The number of rotatable bonds is 4. The molecule has 0 spiro atoms. The van der Waals surface area contributed by atoms with Crippen molar-refractivity contribution in [2.45, 2.75) is 4.90 Å². The topological polar surface area (TPSA) is 92.5 Å². The van der Waals surface area contributed by atoms with Gasteiger partial charge in [-0.1, -0.05) is 0 Å². The molecule has 1 rings (SSSR count). The van der Waals surface area contributed by atoms with Gasteiger partial charge in [0.2, 0.25) is 15.9 Å². The van der Waals surface area contributed by atoms with Crippen LogP contribution in [0.4, 0.5) is 5.69 Å². The Morgan fingerprint density at radius 3 is 2.35 bits per heavy atom. The van der Waals surface area contributed by atoms with Crippen LogP contribution in [0, 0.1) is 0 Å². The molecule has 1 aromatic carbocycles. The molecule has 1 amide bonds. The molecule has 0 saturated heterocycles. The second-order valence-electron chi connectivity index (χ2n) is 3.50. The molecule has 6 nitrogen and oxygen atoms in total. The zero-order valence-corrected chi connectivity index (χ0v) is 10.5. The Hall–Kier alpha value is -1.60. The Bertz CT molecular complexity index is 496. The van der Waals surface area contributed by atoms with Gasteiger partial charge in [0.1, 0.15) is 0 Å². The molecule has 0 fully saturated rings. The number of likely N-dealkylation sites (N-methyl/N-ethyl adjacent to an activating group) is 2. The van der Waals surface area contributed by atoms with E-state index in [1.807, 2.05) is 0 Å². The summed E-state index contributed by atoms with van der Waals surface area (Å²) in [5.41, 5.74) is 5.96. The maximum atomic E-state index is 12.0. The Morgan fingerprint density at radius 2 is 1.88 bits per heavy atom. The highest BCUT2D eigenvalue weighted by Gasteiger charge is 2.22. The molecule has 7 heteroatoms. The van der Waals surface area contributed by atoms with Gasteiger partial charge in [-0.15, -0.1) is 0 Å². The Morgan fingerprint density at radius 1 is 1.35 bits per heavy atom. The fourth-order valence-electron chi connectivity index (χ4n) is 1.19. The van der Waals surface area contributed by atoms with E-state index in [4.69, 9.17) is 5.73 Å². The summed E-state index contributed by atoms with van der Waals surface area (Å²) in [6.45, 7) is -0.219. The maximum absolute atomic E-state index is 12.0. The number of anilines is 1. The van der Waals surface area contributed by atoms with Gasteiger partial charge >= 0.3 is 0 Å². The van der Waals surface area contributed by atoms with Crippen molar-refractivity contribution in [1.29, 1.82) is 0 Å². The molecule has 0 radical (unpaired) electrons. The van der Waals surface area contributed by atoms with Crippen LogP contribution in [0.15, 0.2) is 29.2 Å². The van der Waals surface area contributed by atoms with Crippen LogP contribution in [0.3, 0.4) is 0 Å². The number of benzene rings is 1. The molecule has 0 bridgehead atoms. The lowest BCUT2D eigenvalue weighted by atomic mass is 10.3. The third-order valence-corrected chi connectivity index (χ3v) is 4.05. The van der Waals surface area contributed by atoms with Crippen LogP contribution < -0.4 is 11.1 Å². The first-order valence-corrected chi connectivity index (χ1v) is 6.34. The van der Waals surface area contributed by atoms with Crippen molar-refractivity contribution in [3.8, 4) is 0 Å². The Labute approximate surface area is 100 Å². The molecular weight excluding hydrogens is 242 g/mol. The standard InChI is InChI=1S/C10H15N3O3S/c1-12-10(14)7-13(2)17(15,16)9-5-3-8(11)4-6-9/h3-6H,7,11H2,1-2H3,(H,12,14). The van der Waals surface area contributed by atoms with Gasteiger partial charge in [-0.2, -0.15) is 4.31 Å². The molecule has 3 N–H and O–H groups in total. The van der Waals surface area contributed by atoms with Crippen molar-refractivity contribution in [1.82, 2.24) is 9.62 Å². The van der Waals surface area contributed by atoms with E-state index in [0.29, 0.717) is 5.69 Å². The molecule has 94 valence electrons. The number of nitrogen functional groups attached to an aromatic ring is 1. The van der Waals surface area contributed by atoms with E-state index in [-0.39, 0.29) is 17.3 Å². The molecule has 0 aromatic heterocycles. The van der Waals surface area contributed by atoms with E-state index in [9.17, 15) is 13.2 Å². The van der Waals surface area contributed by atoms with E-state index in [1.165, 1.54) is 38.4 Å². The largest absolute Gasteiger partial charge is 0.399 e. The summed E-state index contributed by atoms with van der Waals surface area (Å²) in [7, 11) is -0.845. The van der Waals surface area contributed by atoms with Crippen molar-refractivity contribution in [3.05, 3.63) is 24.3 Å². The summed E-state index contributed by atoms with van der Waals surface area (Å²) >= 11 is 0. The number of nitrogens with two attached hydrogens (primary N) is 1. The van der Waals surface area contributed by atoms with Crippen molar-refractivity contribution in [2.24, 2.45) is 0 Å². The first-order chi connectivity index (χ1) is 7.87. The molecule has 17 heavy (non-hydrogen) atoms. The lowest BCUT2D eigenvalue weighted by Crippen LogP contribution is -2.36. The second-order valence-corrected chi connectivity index (χ2v) is 5.55. The first kappa shape index (κ1) is 13.5. The van der Waals surface area contributed by atoms with Crippen LogP contribution in [0.1, 0.15) is 0 Å². The highest BCUT2D eigenvalue weighted by molar-refractivity contribution is 7.89. The molecular formula is C10H15N3O3S. The van der Waals surface area contributed by atoms with Gasteiger partial charge in [0.05, 0.1) is 11.4 Å². The number of carbonyl (C=O) groups is 1.